The molecule has 11 heteroatoms. The highest BCUT2D eigenvalue weighted by Gasteiger charge is 2.56. The number of carbonyl (C=O) groups is 1. The minimum atomic E-state index is -1.57. The molecule has 4 rings (SSSR count). The lowest BCUT2D eigenvalue weighted by atomic mass is 9.79. The number of carbonyl (C=O) groups excluding carboxylic acids is 1. The van der Waals surface area contributed by atoms with Gasteiger partial charge in [0.1, 0.15) is 24.4 Å². The average Bonchev–Trinajstić information content (AvgIpc) is 3.09. The fraction of sp³-hybridized carbons (Fsp3) is 0.722. The van der Waals surface area contributed by atoms with Crippen molar-refractivity contribution in [1.82, 2.24) is 4.90 Å². The fourth-order valence-electron chi connectivity index (χ4n) is 4.39. The van der Waals surface area contributed by atoms with Gasteiger partial charge in [-0.05, 0) is 0 Å². The molecule has 0 aliphatic carbocycles. The van der Waals surface area contributed by atoms with Gasteiger partial charge in [0.05, 0.1) is 25.0 Å². The average molecular weight is 432 g/mol. The Morgan fingerprint density at radius 1 is 1.28 bits per heavy atom. The van der Waals surface area contributed by atoms with Crippen LogP contribution in [0.1, 0.15) is 6.42 Å². The van der Waals surface area contributed by atoms with Crippen LogP contribution in [-0.2, 0) is 30.2 Å². The summed E-state index contributed by atoms with van der Waals surface area (Å²) < 4.78 is 27.0. The second-order valence-electron chi connectivity index (χ2n) is 7.62. The van der Waals surface area contributed by atoms with Gasteiger partial charge in [-0.1, -0.05) is 6.08 Å². The SMILES string of the molecule is C=C[C@H]1[C@H](O[C@@H]2O[C@@H](CO)[C@@H](O)[C@@H](O)[C@@H]2O)OC=C2C(=O)N3CC[S+](O)[C@H]3C[C@H]21. The molecule has 10 atom stereocenters. The third kappa shape index (κ3) is 3.49. The third-order valence-corrected chi connectivity index (χ3v) is 7.74. The minimum absolute atomic E-state index is 0.173. The van der Waals surface area contributed by atoms with Crippen molar-refractivity contribution in [3.63, 3.8) is 0 Å². The van der Waals surface area contributed by atoms with E-state index in [1.165, 1.54) is 6.26 Å². The van der Waals surface area contributed by atoms with E-state index in [0.717, 1.165) is 0 Å². The highest BCUT2D eigenvalue weighted by Crippen LogP contribution is 2.43. The summed E-state index contributed by atoms with van der Waals surface area (Å²) in [4.78, 5) is 14.5. The summed E-state index contributed by atoms with van der Waals surface area (Å²) in [5.41, 5.74) is 0.485. The number of aliphatic hydroxyl groups is 4. The number of hydrogen-bond donors (Lipinski definition) is 5. The number of amides is 1. The number of fused-ring (bicyclic) bond motifs is 2. The lowest BCUT2D eigenvalue weighted by Crippen LogP contribution is -2.60. The van der Waals surface area contributed by atoms with Crippen LogP contribution in [0.3, 0.4) is 0 Å². The molecule has 0 aromatic rings. The molecule has 3 saturated heterocycles. The van der Waals surface area contributed by atoms with E-state index >= 15 is 0 Å². The zero-order valence-corrected chi connectivity index (χ0v) is 16.4. The van der Waals surface area contributed by atoms with Gasteiger partial charge in [0, 0.05) is 18.3 Å². The molecular weight excluding hydrogens is 406 g/mol. The highest BCUT2D eigenvalue weighted by molar-refractivity contribution is 7.92. The molecule has 1 amide bonds. The van der Waals surface area contributed by atoms with Gasteiger partial charge in [-0.3, -0.25) is 9.69 Å². The van der Waals surface area contributed by atoms with Gasteiger partial charge in [0.15, 0.2) is 23.2 Å². The first-order chi connectivity index (χ1) is 13.9. The topological polar surface area (TPSA) is 149 Å². The summed E-state index contributed by atoms with van der Waals surface area (Å²) in [5.74, 6) is -0.370. The fourth-order valence-corrected chi connectivity index (χ4v) is 5.97. The first-order valence-corrected chi connectivity index (χ1v) is 10.9. The largest absolute Gasteiger partial charge is 0.471 e. The van der Waals surface area contributed by atoms with E-state index in [4.69, 9.17) is 14.2 Å². The van der Waals surface area contributed by atoms with E-state index in [2.05, 4.69) is 6.58 Å². The zero-order valence-electron chi connectivity index (χ0n) is 15.6. The lowest BCUT2D eigenvalue weighted by Gasteiger charge is -2.44. The van der Waals surface area contributed by atoms with E-state index in [0.29, 0.717) is 24.3 Å². The van der Waals surface area contributed by atoms with E-state index in [-0.39, 0.29) is 17.2 Å². The minimum Gasteiger partial charge on any atom is -0.471 e. The van der Waals surface area contributed by atoms with Crippen LogP contribution in [0, 0.1) is 11.8 Å². The summed E-state index contributed by atoms with van der Waals surface area (Å²) in [7, 11) is 0. The number of aliphatic hydroxyl groups excluding tert-OH is 4. The molecular formula is C18H26NO9S+. The molecule has 3 fully saturated rings. The molecule has 4 aliphatic heterocycles. The molecule has 0 aromatic heterocycles. The van der Waals surface area contributed by atoms with Gasteiger partial charge in [0.2, 0.25) is 11.7 Å². The molecule has 0 spiro atoms. The van der Waals surface area contributed by atoms with E-state index < -0.39 is 60.7 Å². The van der Waals surface area contributed by atoms with Crippen LogP contribution in [-0.4, -0.2) is 97.1 Å². The van der Waals surface area contributed by atoms with Gasteiger partial charge in [-0.2, -0.15) is 4.55 Å². The summed E-state index contributed by atoms with van der Waals surface area (Å²) in [6.07, 6.45) is -4.58. The lowest BCUT2D eigenvalue weighted by molar-refractivity contribution is -0.339. The number of hydrogen-bond acceptors (Lipinski definition) is 9. The maximum absolute atomic E-state index is 12.8. The summed E-state index contributed by atoms with van der Waals surface area (Å²) in [5, 5.41) is 39.1. The van der Waals surface area contributed by atoms with Gasteiger partial charge >= 0.3 is 0 Å². The van der Waals surface area contributed by atoms with Crippen LogP contribution < -0.4 is 0 Å². The molecule has 4 aliphatic rings. The second-order valence-corrected chi connectivity index (χ2v) is 9.38. The van der Waals surface area contributed by atoms with Crippen LogP contribution in [0.2, 0.25) is 0 Å². The normalized spacial score (nSPS) is 47.1. The van der Waals surface area contributed by atoms with Crippen molar-refractivity contribution in [2.24, 2.45) is 11.8 Å². The molecule has 5 N–H and O–H groups in total. The molecule has 10 nitrogen and oxygen atoms in total. The van der Waals surface area contributed by atoms with Crippen molar-refractivity contribution in [2.45, 2.75) is 48.8 Å². The quantitative estimate of drug-likeness (QED) is 0.254. The second kappa shape index (κ2) is 8.16. The van der Waals surface area contributed by atoms with Crippen LogP contribution in [0.5, 0.6) is 0 Å². The van der Waals surface area contributed by atoms with Gasteiger partial charge in [-0.25, -0.2) is 0 Å². The van der Waals surface area contributed by atoms with Gasteiger partial charge in [0.25, 0.3) is 5.91 Å². The molecule has 0 saturated carbocycles. The number of rotatable bonds is 4. The summed E-state index contributed by atoms with van der Waals surface area (Å²) in [6.45, 7) is 3.76. The zero-order chi connectivity index (χ0) is 20.9. The predicted molar refractivity (Wildman–Crippen MR) is 100.0 cm³/mol. The van der Waals surface area contributed by atoms with Crippen LogP contribution in [0.4, 0.5) is 0 Å². The Bertz CT molecular complexity index is 688. The van der Waals surface area contributed by atoms with E-state index in [9.17, 15) is 29.8 Å². The Hall–Kier alpha value is -1.18. The van der Waals surface area contributed by atoms with Gasteiger partial charge in [-0.15, -0.1) is 6.58 Å². The number of ether oxygens (including phenoxy) is 3. The number of piperidine rings is 1. The number of nitrogens with zero attached hydrogens (tertiary/aromatic N) is 1. The molecule has 0 aromatic carbocycles. The van der Waals surface area contributed by atoms with Crippen LogP contribution in [0.25, 0.3) is 0 Å². The van der Waals surface area contributed by atoms with Crippen LogP contribution >= 0.6 is 0 Å². The van der Waals surface area contributed by atoms with Crippen molar-refractivity contribution in [3.05, 3.63) is 24.5 Å². The Balaban J connectivity index is 1.53. The van der Waals surface area contributed by atoms with Crippen molar-refractivity contribution in [3.8, 4) is 0 Å². The van der Waals surface area contributed by atoms with Crippen molar-refractivity contribution < 1.29 is 44.0 Å². The molecule has 1 unspecified atom stereocenters. The van der Waals surface area contributed by atoms with Crippen molar-refractivity contribution >= 4 is 17.1 Å². The maximum atomic E-state index is 12.8. The maximum Gasteiger partial charge on any atom is 0.257 e. The first-order valence-electron chi connectivity index (χ1n) is 9.51. The molecule has 4 heterocycles. The van der Waals surface area contributed by atoms with E-state index in [1.807, 2.05) is 0 Å². The highest BCUT2D eigenvalue weighted by atomic mass is 32.2. The smallest absolute Gasteiger partial charge is 0.257 e. The summed E-state index contributed by atoms with van der Waals surface area (Å²) >= 11 is -0.871. The van der Waals surface area contributed by atoms with E-state index in [1.54, 1.807) is 11.0 Å². The molecule has 162 valence electrons. The Kier molecular flexibility index (Phi) is 5.93. The molecule has 0 radical (unpaired) electrons. The molecule has 0 bridgehead atoms. The van der Waals surface area contributed by atoms with Crippen molar-refractivity contribution in [1.29, 1.82) is 0 Å². The standard InChI is InChI=1S/C18H26NO9S/c1-2-8-9-5-12-19(3-4-29(12)25)16(24)10(9)7-26-17(8)28-18-15(23)14(22)13(21)11(6-20)27-18/h2,7-9,11-15,17-18,20-23,25H,1,3-6H2/q+1/t8-,9+,11+,12+,13-,14-,15+,17+,18+,29?/m1/s1. The third-order valence-electron chi connectivity index (χ3n) is 6.06. The predicted octanol–water partition coefficient (Wildman–Crippen LogP) is -1.88. The Morgan fingerprint density at radius 2 is 2.03 bits per heavy atom. The Morgan fingerprint density at radius 3 is 2.72 bits per heavy atom. The molecule has 29 heavy (non-hydrogen) atoms. The summed E-state index contributed by atoms with van der Waals surface area (Å²) in [6, 6.07) is 0. The monoisotopic (exact) mass is 432 g/mol. The Labute approximate surface area is 170 Å². The van der Waals surface area contributed by atoms with Gasteiger partial charge < -0.3 is 34.6 Å². The first kappa shape index (κ1) is 21.1. The van der Waals surface area contributed by atoms with Crippen LogP contribution in [0.15, 0.2) is 24.5 Å². The van der Waals surface area contributed by atoms with Crippen molar-refractivity contribution in [2.75, 3.05) is 18.9 Å².